The Morgan fingerprint density at radius 1 is 1.26 bits per heavy atom. The number of thiazole rings is 1. The van der Waals surface area contributed by atoms with Gasteiger partial charge in [-0.05, 0) is 30.9 Å². The van der Waals surface area contributed by atoms with Crippen molar-refractivity contribution in [3.63, 3.8) is 0 Å². The van der Waals surface area contributed by atoms with Crippen molar-refractivity contribution in [2.45, 2.75) is 30.4 Å². The van der Waals surface area contributed by atoms with Gasteiger partial charge in [-0.15, -0.1) is 0 Å². The lowest BCUT2D eigenvalue weighted by atomic mass is 10.0. The highest BCUT2D eigenvalue weighted by atomic mass is 32.2. The summed E-state index contributed by atoms with van der Waals surface area (Å²) in [7, 11) is -2.27. The SMILES string of the molecule is Cc1nc(N(C)C(=O)Cc2ccc(C3=CCCC=N3)cc2)sc1S(N)(=O)=O. The molecule has 0 saturated carbocycles. The number of nitrogens with two attached hydrogens (primary N) is 1. The summed E-state index contributed by atoms with van der Waals surface area (Å²) in [6.45, 7) is 1.55. The van der Waals surface area contributed by atoms with Crippen molar-refractivity contribution in [3.05, 3.63) is 47.2 Å². The molecule has 1 amide bonds. The van der Waals surface area contributed by atoms with Gasteiger partial charge in [0.2, 0.25) is 15.9 Å². The van der Waals surface area contributed by atoms with Gasteiger partial charge < -0.3 is 0 Å². The Labute approximate surface area is 162 Å². The number of amides is 1. The molecule has 7 nitrogen and oxygen atoms in total. The van der Waals surface area contributed by atoms with Crippen LogP contribution in [0.2, 0.25) is 0 Å². The molecule has 0 unspecified atom stereocenters. The summed E-state index contributed by atoms with van der Waals surface area (Å²) >= 11 is 0.892. The number of allylic oxidation sites excluding steroid dienone is 1. The Kier molecular flexibility index (Phi) is 5.54. The van der Waals surface area contributed by atoms with Gasteiger partial charge in [-0.3, -0.25) is 14.7 Å². The summed E-state index contributed by atoms with van der Waals surface area (Å²) in [6.07, 6.45) is 6.14. The Bertz CT molecular complexity index is 1020. The molecular weight excluding hydrogens is 384 g/mol. The highest BCUT2D eigenvalue weighted by Crippen LogP contribution is 2.28. The van der Waals surface area contributed by atoms with E-state index in [9.17, 15) is 13.2 Å². The van der Waals surface area contributed by atoms with Crippen molar-refractivity contribution in [3.8, 4) is 0 Å². The standard InChI is InChI=1S/C18H20N4O3S2/c1-12-17(27(19,24)25)26-18(21-12)22(2)16(23)11-13-6-8-14(9-7-13)15-5-3-4-10-20-15/h5-10H,3-4,11H2,1-2H3,(H2,19,24,25). The predicted molar refractivity (Wildman–Crippen MR) is 107 cm³/mol. The Balaban J connectivity index is 1.71. The van der Waals surface area contributed by atoms with Gasteiger partial charge in [0, 0.05) is 13.3 Å². The first-order valence-corrected chi connectivity index (χ1v) is 10.7. The van der Waals surface area contributed by atoms with Gasteiger partial charge in [0.1, 0.15) is 0 Å². The highest BCUT2D eigenvalue weighted by molar-refractivity contribution is 7.91. The number of sulfonamides is 1. The van der Waals surface area contributed by atoms with E-state index in [0.717, 1.165) is 41.0 Å². The fourth-order valence-electron chi connectivity index (χ4n) is 2.67. The van der Waals surface area contributed by atoms with Crippen LogP contribution in [0, 0.1) is 6.92 Å². The summed E-state index contributed by atoms with van der Waals surface area (Å²) in [5.74, 6) is -0.188. The second-order valence-corrected chi connectivity index (χ2v) is 8.95. The molecule has 0 spiro atoms. The molecule has 2 heterocycles. The molecule has 0 radical (unpaired) electrons. The summed E-state index contributed by atoms with van der Waals surface area (Å²) < 4.78 is 23.1. The van der Waals surface area contributed by atoms with Gasteiger partial charge in [-0.25, -0.2) is 18.5 Å². The average Bonchev–Trinajstić information content (AvgIpc) is 3.04. The highest BCUT2D eigenvalue weighted by Gasteiger charge is 2.22. The van der Waals surface area contributed by atoms with Crippen molar-refractivity contribution in [1.82, 2.24) is 4.98 Å². The number of aromatic nitrogens is 1. The quantitative estimate of drug-likeness (QED) is 0.826. The molecule has 1 aromatic heterocycles. The van der Waals surface area contributed by atoms with Gasteiger partial charge in [0.25, 0.3) is 0 Å². The lowest BCUT2D eigenvalue weighted by Crippen LogP contribution is -2.27. The van der Waals surface area contributed by atoms with E-state index >= 15 is 0 Å². The number of hydrogen-bond acceptors (Lipinski definition) is 6. The molecular formula is C18H20N4O3S2. The molecule has 3 rings (SSSR count). The monoisotopic (exact) mass is 404 g/mol. The van der Waals surface area contributed by atoms with Gasteiger partial charge in [-0.2, -0.15) is 0 Å². The van der Waals surface area contributed by atoms with Crippen LogP contribution >= 0.6 is 11.3 Å². The van der Waals surface area contributed by atoms with Crippen LogP contribution in [0.15, 0.2) is 39.5 Å². The maximum atomic E-state index is 12.5. The molecule has 0 atom stereocenters. The fourth-order valence-corrected chi connectivity index (χ4v) is 4.60. The number of primary sulfonamides is 1. The molecule has 1 aromatic carbocycles. The van der Waals surface area contributed by atoms with Crippen LogP contribution in [0.5, 0.6) is 0 Å². The van der Waals surface area contributed by atoms with Gasteiger partial charge in [0.15, 0.2) is 9.34 Å². The summed E-state index contributed by atoms with van der Waals surface area (Å²) in [6, 6.07) is 7.69. The minimum absolute atomic E-state index is 0.0252. The maximum absolute atomic E-state index is 12.5. The lowest BCUT2D eigenvalue weighted by Gasteiger charge is -2.14. The molecule has 27 heavy (non-hydrogen) atoms. The summed E-state index contributed by atoms with van der Waals surface area (Å²) in [5, 5.41) is 5.48. The Morgan fingerprint density at radius 3 is 2.52 bits per heavy atom. The van der Waals surface area contributed by atoms with Crippen LogP contribution in [0.4, 0.5) is 5.13 Å². The molecule has 1 aliphatic heterocycles. The van der Waals surface area contributed by atoms with E-state index in [1.807, 2.05) is 30.5 Å². The van der Waals surface area contributed by atoms with E-state index in [-0.39, 0.29) is 16.5 Å². The molecule has 142 valence electrons. The number of rotatable bonds is 5. The van der Waals surface area contributed by atoms with E-state index in [0.29, 0.717) is 10.8 Å². The Hall–Kier alpha value is -2.36. The van der Waals surface area contributed by atoms with Gasteiger partial charge >= 0.3 is 0 Å². The molecule has 2 aromatic rings. The van der Waals surface area contributed by atoms with Gasteiger partial charge in [0.05, 0.1) is 17.8 Å². The average molecular weight is 405 g/mol. The lowest BCUT2D eigenvalue weighted by molar-refractivity contribution is -0.117. The summed E-state index contributed by atoms with van der Waals surface area (Å²) in [4.78, 5) is 22.4. The fraction of sp³-hybridized carbons (Fsp3) is 0.278. The molecule has 2 N–H and O–H groups in total. The molecule has 1 aliphatic rings. The number of aryl methyl sites for hydroxylation is 1. The van der Waals surface area contributed by atoms with Crippen molar-refractivity contribution >= 4 is 44.3 Å². The van der Waals surface area contributed by atoms with Crippen LogP contribution in [0.1, 0.15) is 29.7 Å². The predicted octanol–water partition coefficient (Wildman–Crippen LogP) is 2.51. The third-order valence-corrected chi connectivity index (χ3v) is 6.92. The third kappa shape index (κ3) is 4.49. The first-order chi connectivity index (χ1) is 12.8. The van der Waals surface area contributed by atoms with Crippen LogP contribution in [0.25, 0.3) is 5.70 Å². The van der Waals surface area contributed by atoms with E-state index in [2.05, 4.69) is 16.1 Å². The minimum atomic E-state index is -3.84. The number of likely N-dealkylation sites (N-methyl/N-ethyl adjacent to an activating group) is 1. The van der Waals surface area contributed by atoms with Crippen molar-refractivity contribution in [2.75, 3.05) is 11.9 Å². The van der Waals surface area contributed by atoms with E-state index in [4.69, 9.17) is 5.14 Å². The second-order valence-electron chi connectivity index (χ2n) is 6.22. The van der Waals surface area contributed by atoms with Crippen LogP contribution in [0.3, 0.4) is 0 Å². The van der Waals surface area contributed by atoms with Crippen LogP contribution < -0.4 is 10.0 Å². The van der Waals surface area contributed by atoms with Crippen molar-refractivity contribution in [2.24, 2.45) is 10.1 Å². The maximum Gasteiger partial charge on any atom is 0.249 e. The molecule has 0 aliphatic carbocycles. The van der Waals surface area contributed by atoms with Crippen molar-refractivity contribution < 1.29 is 13.2 Å². The number of carbonyl (C=O) groups is 1. The first-order valence-electron chi connectivity index (χ1n) is 8.34. The number of anilines is 1. The smallest absolute Gasteiger partial charge is 0.249 e. The molecule has 0 bridgehead atoms. The number of carbonyl (C=O) groups excluding carboxylic acids is 1. The van der Waals surface area contributed by atoms with Crippen LogP contribution in [-0.4, -0.2) is 32.6 Å². The zero-order valence-corrected chi connectivity index (χ0v) is 16.7. The summed E-state index contributed by atoms with van der Waals surface area (Å²) in [5.41, 5.74) is 3.12. The minimum Gasteiger partial charge on any atom is -0.291 e. The molecule has 9 heteroatoms. The van der Waals surface area contributed by atoms with Gasteiger partial charge in [-0.1, -0.05) is 41.7 Å². The number of hydrogen-bond donors (Lipinski definition) is 1. The topological polar surface area (TPSA) is 106 Å². The van der Waals surface area contributed by atoms with E-state index in [1.165, 1.54) is 4.90 Å². The number of nitrogens with zero attached hydrogens (tertiary/aromatic N) is 3. The number of aliphatic imine (C=N–C) groups is 1. The normalized spacial score (nSPS) is 14.1. The zero-order valence-electron chi connectivity index (χ0n) is 15.0. The first kappa shape index (κ1) is 19.4. The van der Waals surface area contributed by atoms with Crippen molar-refractivity contribution in [1.29, 1.82) is 0 Å². The Morgan fingerprint density at radius 2 is 1.96 bits per heavy atom. The number of benzene rings is 1. The molecule has 0 saturated heterocycles. The second kappa shape index (κ2) is 7.71. The largest absolute Gasteiger partial charge is 0.291 e. The molecule has 0 fully saturated rings. The van der Waals surface area contributed by atoms with E-state index in [1.54, 1.807) is 14.0 Å². The third-order valence-electron chi connectivity index (χ3n) is 4.13. The van der Waals surface area contributed by atoms with E-state index < -0.39 is 10.0 Å². The van der Waals surface area contributed by atoms with Crippen LogP contribution in [-0.2, 0) is 21.2 Å². The zero-order chi connectivity index (χ0) is 19.6.